The highest BCUT2D eigenvalue weighted by atomic mass is 35.5. The number of hydrogen-bond donors (Lipinski definition) is 2. The molecule has 110 valence electrons. The lowest BCUT2D eigenvalue weighted by Gasteiger charge is -2.18. The van der Waals surface area contributed by atoms with Gasteiger partial charge in [-0.05, 0) is 18.6 Å². The second-order valence-electron chi connectivity index (χ2n) is 4.53. The number of hydrogen-bond acceptors (Lipinski definition) is 2. The number of aromatic carboxylic acids is 1. The van der Waals surface area contributed by atoms with Crippen LogP contribution < -0.4 is 5.32 Å². The first-order valence-corrected chi connectivity index (χ1v) is 6.89. The van der Waals surface area contributed by atoms with Gasteiger partial charge < -0.3 is 15.3 Å². The SMILES string of the molecule is CCCCCN(C)C(=O)Nc1cccc(Cl)c1C(=O)O. The van der Waals surface area contributed by atoms with Crippen LogP contribution in [0.25, 0.3) is 0 Å². The van der Waals surface area contributed by atoms with E-state index in [9.17, 15) is 9.59 Å². The van der Waals surface area contributed by atoms with Crippen LogP contribution in [0.2, 0.25) is 5.02 Å². The van der Waals surface area contributed by atoms with Crippen LogP contribution in [0.15, 0.2) is 18.2 Å². The van der Waals surface area contributed by atoms with E-state index in [0.717, 1.165) is 19.3 Å². The Balaban J connectivity index is 2.75. The van der Waals surface area contributed by atoms with E-state index in [0.29, 0.717) is 6.54 Å². The molecular formula is C14H19ClN2O3. The Morgan fingerprint density at radius 1 is 1.35 bits per heavy atom. The van der Waals surface area contributed by atoms with Crippen LogP contribution in [0.1, 0.15) is 36.5 Å². The van der Waals surface area contributed by atoms with Crippen molar-refractivity contribution in [2.75, 3.05) is 18.9 Å². The van der Waals surface area contributed by atoms with Crippen LogP contribution in [-0.4, -0.2) is 35.6 Å². The Kier molecular flexibility index (Phi) is 6.31. The maximum atomic E-state index is 12.0. The fraction of sp³-hybridized carbons (Fsp3) is 0.429. The number of amides is 2. The first-order valence-electron chi connectivity index (χ1n) is 6.51. The Hall–Kier alpha value is -1.75. The lowest BCUT2D eigenvalue weighted by Crippen LogP contribution is -2.32. The van der Waals surface area contributed by atoms with Gasteiger partial charge in [0.25, 0.3) is 0 Å². The molecular weight excluding hydrogens is 280 g/mol. The molecule has 0 atom stereocenters. The minimum absolute atomic E-state index is 0.0931. The molecule has 0 spiro atoms. The average molecular weight is 299 g/mol. The van der Waals surface area contributed by atoms with Gasteiger partial charge in [0.2, 0.25) is 0 Å². The number of halogens is 1. The van der Waals surface area contributed by atoms with Gasteiger partial charge in [-0.2, -0.15) is 0 Å². The number of carboxylic acid groups (broad SMARTS) is 1. The van der Waals surface area contributed by atoms with Crippen molar-refractivity contribution in [3.05, 3.63) is 28.8 Å². The molecule has 6 heteroatoms. The maximum absolute atomic E-state index is 12.0. The summed E-state index contributed by atoms with van der Waals surface area (Å²) in [7, 11) is 1.68. The highest BCUT2D eigenvalue weighted by Crippen LogP contribution is 2.24. The third-order valence-electron chi connectivity index (χ3n) is 2.91. The molecule has 1 rings (SSSR count). The monoisotopic (exact) mass is 298 g/mol. The summed E-state index contributed by atoms with van der Waals surface area (Å²) in [6, 6.07) is 4.26. The normalized spacial score (nSPS) is 10.2. The number of carbonyl (C=O) groups is 2. The van der Waals surface area contributed by atoms with Gasteiger partial charge in [0, 0.05) is 13.6 Å². The van der Waals surface area contributed by atoms with Gasteiger partial charge in [0.1, 0.15) is 5.56 Å². The minimum Gasteiger partial charge on any atom is -0.478 e. The van der Waals surface area contributed by atoms with Crippen LogP contribution in [0.5, 0.6) is 0 Å². The number of nitrogens with one attached hydrogen (secondary N) is 1. The number of rotatable bonds is 6. The van der Waals surface area contributed by atoms with Crippen molar-refractivity contribution >= 4 is 29.3 Å². The zero-order valence-corrected chi connectivity index (χ0v) is 12.4. The topological polar surface area (TPSA) is 69.6 Å². The zero-order valence-electron chi connectivity index (χ0n) is 11.6. The molecule has 0 saturated carbocycles. The first kappa shape index (κ1) is 16.3. The van der Waals surface area contributed by atoms with Gasteiger partial charge in [-0.1, -0.05) is 37.4 Å². The van der Waals surface area contributed by atoms with Gasteiger partial charge >= 0.3 is 12.0 Å². The van der Waals surface area contributed by atoms with Gasteiger partial charge in [0.05, 0.1) is 10.7 Å². The summed E-state index contributed by atoms with van der Waals surface area (Å²) < 4.78 is 0. The number of unbranched alkanes of at least 4 members (excludes halogenated alkanes) is 2. The third-order valence-corrected chi connectivity index (χ3v) is 3.23. The molecule has 0 aliphatic carbocycles. The van der Waals surface area contributed by atoms with E-state index in [-0.39, 0.29) is 22.3 Å². The second-order valence-corrected chi connectivity index (χ2v) is 4.93. The summed E-state index contributed by atoms with van der Waals surface area (Å²) in [4.78, 5) is 24.7. The van der Waals surface area contributed by atoms with E-state index in [2.05, 4.69) is 12.2 Å². The molecule has 0 saturated heterocycles. The molecule has 0 aliphatic heterocycles. The van der Waals surface area contributed by atoms with Crippen LogP contribution in [0.4, 0.5) is 10.5 Å². The molecule has 0 unspecified atom stereocenters. The molecule has 1 aromatic carbocycles. The fourth-order valence-electron chi connectivity index (χ4n) is 1.76. The molecule has 20 heavy (non-hydrogen) atoms. The lowest BCUT2D eigenvalue weighted by atomic mass is 10.2. The van der Waals surface area contributed by atoms with Crippen molar-refractivity contribution in [2.45, 2.75) is 26.2 Å². The largest absolute Gasteiger partial charge is 0.478 e. The van der Waals surface area contributed by atoms with Crippen molar-refractivity contribution in [1.82, 2.24) is 4.90 Å². The third kappa shape index (κ3) is 4.42. The number of benzene rings is 1. The first-order chi connectivity index (χ1) is 9.47. The van der Waals surface area contributed by atoms with E-state index in [1.165, 1.54) is 17.0 Å². The summed E-state index contributed by atoms with van der Waals surface area (Å²) >= 11 is 5.84. The molecule has 2 N–H and O–H groups in total. The van der Waals surface area contributed by atoms with E-state index in [1.54, 1.807) is 13.1 Å². The molecule has 1 aromatic rings. The number of anilines is 1. The van der Waals surface area contributed by atoms with E-state index in [1.807, 2.05) is 0 Å². The Bertz CT molecular complexity index is 491. The summed E-state index contributed by atoms with van der Waals surface area (Å²) in [5, 5.41) is 11.8. The smallest absolute Gasteiger partial charge is 0.339 e. The summed E-state index contributed by atoms with van der Waals surface area (Å²) in [5.41, 5.74) is 0.113. The van der Waals surface area contributed by atoms with Crippen molar-refractivity contribution in [3.63, 3.8) is 0 Å². The van der Waals surface area contributed by atoms with Crippen LogP contribution in [0.3, 0.4) is 0 Å². The zero-order chi connectivity index (χ0) is 15.1. The van der Waals surface area contributed by atoms with Gasteiger partial charge in [0.15, 0.2) is 0 Å². The predicted octanol–water partition coefficient (Wildman–Crippen LogP) is 3.69. The molecule has 0 aliphatic rings. The van der Waals surface area contributed by atoms with Crippen molar-refractivity contribution in [2.24, 2.45) is 0 Å². The summed E-state index contributed by atoms with van der Waals surface area (Å²) in [5.74, 6) is -1.17. The molecule has 5 nitrogen and oxygen atoms in total. The van der Waals surface area contributed by atoms with E-state index < -0.39 is 5.97 Å². The average Bonchev–Trinajstić information content (AvgIpc) is 2.38. The van der Waals surface area contributed by atoms with E-state index in [4.69, 9.17) is 16.7 Å². The second kappa shape index (κ2) is 7.75. The van der Waals surface area contributed by atoms with Crippen molar-refractivity contribution in [3.8, 4) is 0 Å². The van der Waals surface area contributed by atoms with Crippen molar-refractivity contribution in [1.29, 1.82) is 0 Å². The highest BCUT2D eigenvalue weighted by Gasteiger charge is 2.17. The number of carbonyl (C=O) groups excluding carboxylic acids is 1. The summed E-state index contributed by atoms with van der Waals surface area (Å²) in [6.45, 7) is 2.72. The Labute approximate surface area is 123 Å². The molecule has 0 bridgehead atoms. The highest BCUT2D eigenvalue weighted by molar-refractivity contribution is 6.34. The van der Waals surface area contributed by atoms with Crippen LogP contribution in [-0.2, 0) is 0 Å². The molecule has 0 heterocycles. The molecule has 2 amide bonds. The van der Waals surface area contributed by atoms with Crippen LogP contribution >= 0.6 is 11.6 Å². The maximum Gasteiger partial charge on any atom is 0.339 e. The number of carboxylic acids is 1. The standard InChI is InChI=1S/C14H19ClN2O3/c1-3-4-5-9-17(2)14(20)16-11-8-6-7-10(15)12(11)13(18)19/h6-8H,3-5,9H2,1-2H3,(H,16,20)(H,18,19). The van der Waals surface area contributed by atoms with Gasteiger partial charge in [-0.3, -0.25) is 0 Å². The van der Waals surface area contributed by atoms with Gasteiger partial charge in [-0.25, -0.2) is 9.59 Å². The number of nitrogens with zero attached hydrogens (tertiary/aromatic N) is 1. The molecule has 0 aromatic heterocycles. The Morgan fingerprint density at radius 2 is 2.05 bits per heavy atom. The van der Waals surface area contributed by atoms with Crippen LogP contribution in [0, 0.1) is 0 Å². The fourth-order valence-corrected chi connectivity index (χ4v) is 2.01. The molecule has 0 radical (unpaired) electrons. The molecule has 0 fully saturated rings. The summed E-state index contributed by atoms with van der Waals surface area (Å²) in [6.07, 6.45) is 3.05. The lowest BCUT2D eigenvalue weighted by molar-refractivity contribution is 0.0698. The quantitative estimate of drug-likeness (QED) is 0.787. The predicted molar refractivity (Wildman–Crippen MR) is 79.6 cm³/mol. The van der Waals surface area contributed by atoms with E-state index >= 15 is 0 Å². The number of urea groups is 1. The minimum atomic E-state index is -1.17. The van der Waals surface area contributed by atoms with Crippen molar-refractivity contribution < 1.29 is 14.7 Å². The van der Waals surface area contributed by atoms with Gasteiger partial charge in [-0.15, -0.1) is 0 Å². The Morgan fingerprint density at radius 3 is 2.65 bits per heavy atom.